The van der Waals surface area contributed by atoms with Crippen molar-refractivity contribution in [1.82, 2.24) is 0 Å². The van der Waals surface area contributed by atoms with Crippen molar-refractivity contribution in [3.8, 4) is 6.07 Å². The third-order valence-electron chi connectivity index (χ3n) is 3.96. The molecule has 0 radical (unpaired) electrons. The summed E-state index contributed by atoms with van der Waals surface area (Å²) in [5, 5.41) is 12.8. The smallest absolute Gasteiger partial charge is 0.103 e. The van der Waals surface area contributed by atoms with E-state index >= 15 is 0 Å². The van der Waals surface area contributed by atoms with Crippen molar-refractivity contribution < 1.29 is 0 Å². The van der Waals surface area contributed by atoms with E-state index in [2.05, 4.69) is 41.2 Å². The molecule has 1 aliphatic rings. The van der Waals surface area contributed by atoms with E-state index in [0.717, 1.165) is 10.2 Å². The van der Waals surface area contributed by atoms with E-state index < -0.39 is 0 Å². The summed E-state index contributed by atoms with van der Waals surface area (Å²) in [7, 11) is 0. The zero-order valence-corrected chi connectivity index (χ0v) is 12.5. The molecule has 0 saturated heterocycles. The van der Waals surface area contributed by atoms with Crippen LogP contribution in [0.15, 0.2) is 22.7 Å². The number of benzene rings is 1. The van der Waals surface area contributed by atoms with Gasteiger partial charge in [0.1, 0.15) is 6.07 Å². The largest absolute Gasteiger partial charge is 0.381 e. The first-order chi connectivity index (χ1) is 8.54. The average Bonchev–Trinajstić information content (AvgIpc) is 2.32. The van der Waals surface area contributed by atoms with Gasteiger partial charge < -0.3 is 5.32 Å². The van der Waals surface area contributed by atoms with Crippen LogP contribution in [-0.2, 0) is 0 Å². The van der Waals surface area contributed by atoms with Crippen molar-refractivity contribution in [3.63, 3.8) is 0 Å². The maximum Gasteiger partial charge on any atom is 0.103 e. The molecule has 0 heterocycles. The first kappa shape index (κ1) is 13.4. The molecule has 0 bridgehead atoms. The second-order valence-electron chi connectivity index (χ2n) is 5.71. The summed E-state index contributed by atoms with van der Waals surface area (Å²) < 4.78 is 0.864. The topological polar surface area (TPSA) is 35.8 Å². The fourth-order valence-electron chi connectivity index (χ4n) is 2.71. The van der Waals surface area contributed by atoms with Gasteiger partial charge in [0.15, 0.2) is 0 Å². The van der Waals surface area contributed by atoms with Gasteiger partial charge in [-0.2, -0.15) is 5.26 Å². The van der Waals surface area contributed by atoms with Gasteiger partial charge in [-0.3, -0.25) is 0 Å². The molecule has 1 atom stereocenters. The zero-order chi connectivity index (χ0) is 13.2. The minimum Gasteiger partial charge on any atom is -0.381 e. The molecule has 2 rings (SSSR count). The first-order valence-corrected chi connectivity index (χ1v) is 7.29. The molecule has 96 valence electrons. The quantitative estimate of drug-likeness (QED) is 0.859. The molecule has 1 N–H and O–H groups in total. The maximum absolute atomic E-state index is 9.24. The Morgan fingerprint density at radius 1 is 1.39 bits per heavy atom. The minimum atomic E-state index is 0.299. The van der Waals surface area contributed by atoms with Gasteiger partial charge in [0.2, 0.25) is 0 Å². The third-order valence-corrected chi connectivity index (χ3v) is 4.62. The van der Waals surface area contributed by atoms with Crippen LogP contribution in [-0.4, -0.2) is 6.04 Å². The van der Waals surface area contributed by atoms with Crippen LogP contribution in [0.2, 0.25) is 0 Å². The van der Waals surface area contributed by atoms with Gasteiger partial charge in [-0.15, -0.1) is 0 Å². The molecular formula is C15H19BrN2. The highest BCUT2D eigenvalue weighted by Gasteiger charge is 2.32. The molecule has 0 spiro atoms. The highest BCUT2D eigenvalue weighted by Crippen LogP contribution is 2.38. The van der Waals surface area contributed by atoms with Crippen LogP contribution in [0, 0.1) is 16.7 Å². The van der Waals surface area contributed by atoms with Crippen LogP contribution < -0.4 is 5.32 Å². The van der Waals surface area contributed by atoms with Crippen molar-refractivity contribution in [1.29, 1.82) is 5.26 Å². The van der Waals surface area contributed by atoms with Crippen molar-refractivity contribution in [2.75, 3.05) is 5.32 Å². The highest BCUT2D eigenvalue weighted by molar-refractivity contribution is 9.10. The van der Waals surface area contributed by atoms with Gasteiger partial charge in [0, 0.05) is 10.5 Å². The lowest BCUT2D eigenvalue weighted by Gasteiger charge is -2.39. The number of rotatable bonds is 2. The molecule has 1 saturated carbocycles. The van der Waals surface area contributed by atoms with Gasteiger partial charge in [-0.25, -0.2) is 0 Å². The number of nitriles is 1. The summed E-state index contributed by atoms with van der Waals surface area (Å²) in [6.45, 7) is 4.63. The van der Waals surface area contributed by atoms with Gasteiger partial charge in [-0.1, -0.05) is 32.8 Å². The van der Waals surface area contributed by atoms with E-state index in [-0.39, 0.29) is 0 Å². The van der Waals surface area contributed by atoms with E-state index in [4.69, 9.17) is 0 Å². The molecule has 3 heteroatoms. The molecule has 18 heavy (non-hydrogen) atoms. The molecule has 0 aliphatic heterocycles. The molecule has 1 fully saturated rings. The van der Waals surface area contributed by atoms with Crippen LogP contribution in [0.25, 0.3) is 0 Å². The van der Waals surface area contributed by atoms with E-state index in [1.54, 1.807) is 0 Å². The molecule has 1 aromatic carbocycles. The fourth-order valence-corrected chi connectivity index (χ4v) is 3.16. The van der Waals surface area contributed by atoms with E-state index in [0.29, 0.717) is 17.0 Å². The SMILES string of the molecule is CC1(C)CCCCC1Nc1cccc(Br)c1C#N. The Labute approximate surface area is 118 Å². The Bertz CT molecular complexity index is 474. The second-order valence-corrected chi connectivity index (χ2v) is 6.56. The third kappa shape index (κ3) is 2.70. The van der Waals surface area contributed by atoms with Crippen LogP contribution >= 0.6 is 15.9 Å². The van der Waals surface area contributed by atoms with Gasteiger partial charge in [-0.05, 0) is 46.3 Å². The van der Waals surface area contributed by atoms with Crippen molar-refractivity contribution in [2.24, 2.45) is 5.41 Å². The van der Waals surface area contributed by atoms with E-state index in [1.165, 1.54) is 25.7 Å². The lowest BCUT2D eigenvalue weighted by molar-refractivity contribution is 0.217. The zero-order valence-electron chi connectivity index (χ0n) is 11.0. The molecule has 1 aliphatic carbocycles. The number of anilines is 1. The molecule has 1 unspecified atom stereocenters. The second kappa shape index (κ2) is 5.32. The van der Waals surface area contributed by atoms with Gasteiger partial charge >= 0.3 is 0 Å². The lowest BCUT2D eigenvalue weighted by Crippen LogP contribution is -2.39. The Morgan fingerprint density at radius 2 is 2.17 bits per heavy atom. The van der Waals surface area contributed by atoms with Crippen LogP contribution in [0.4, 0.5) is 5.69 Å². The van der Waals surface area contributed by atoms with Crippen LogP contribution in [0.1, 0.15) is 45.1 Å². The van der Waals surface area contributed by atoms with Gasteiger partial charge in [0.25, 0.3) is 0 Å². The van der Waals surface area contributed by atoms with Crippen LogP contribution in [0.5, 0.6) is 0 Å². The summed E-state index contributed by atoms with van der Waals surface area (Å²) in [5.41, 5.74) is 1.96. The summed E-state index contributed by atoms with van der Waals surface area (Å²) in [4.78, 5) is 0. The summed E-state index contributed by atoms with van der Waals surface area (Å²) >= 11 is 3.44. The molecule has 1 aromatic rings. The maximum atomic E-state index is 9.24. The minimum absolute atomic E-state index is 0.299. The predicted octanol–water partition coefficient (Wildman–Crippen LogP) is 4.70. The Morgan fingerprint density at radius 3 is 2.83 bits per heavy atom. The summed E-state index contributed by atoms with van der Waals surface area (Å²) in [6, 6.07) is 8.60. The van der Waals surface area contributed by atoms with Crippen molar-refractivity contribution >= 4 is 21.6 Å². The number of nitrogens with zero attached hydrogens (tertiary/aromatic N) is 1. The Hall–Kier alpha value is -1.01. The monoisotopic (exact) mass is 306 g/mol. The molecule has 0 aromatic heterocycles. The predicted molar refractivity (Wildman–Crippen MR) is 78.5 cm³/mol. The molecule has 0 amide bonds. The van der Waals surface area contributed by atoms with E-state index in [9.17, 15) is 5.26 Å². The first-order valence-electron chi connectivity index (χ1n) is 6.50. The van der Waals surface area contributed by atoms with E-state index in [1.807, 2.05) is 18.2 Å². The standard InChI is InChI=1S/C15H19BrN2/c1-15(2)9-4-3-8-14(15)18-13-7-5-6-12(16)11(13)10-17/h5-7,14,18H,3-4,8-9H2,1-2H3. The average molecular weight is 307 g/mol. The normalized spacial score (nSPS) is 22.2. The Balaban J connectivity index is 2.24. The lowest BCUT2D eigenvalue weighted by atomic mass is 9.73. The van der Waals surface area contributed by atoms with Gasteiger partial charge in [0.05, 0.1) is 11.3 Å². The van der Waals surface area contributed by atoms with Crippen molar-refractivity contribution in [3.05, 3.63) is 28.2 Å². The number of hydrogen-bond acceptors (Lipinski definition) is 2. The number of hydrogen-bond donors (Lipinski definition) is 1. The van der Waals surface area contributed by atoms with Crippen LogP contribution in [0.3, 0.4) is 0 Å². The number of nitrogens with one attached hydrogen (secondary N) is 1. The fraction of sp³-hybridized carbons (Fsp3) is 0.533. The summed E-state index contributed by atoms with van der Waals surface area (Å²) in [5.74, 6) is 0. The molecule has 2 nitrogen and oxygen atoms in total. The van der Waals surface area contributed by atoms with Crippen molar-refractivity contribution in [2.45, 2.75) is 45.6 Å². The highest BCUT2D eigenvalue weighted by atomic mass is 79.9. The Kier molecular flexibility index (Phi) is 3.97. The summed E-state index contributed by atoms with van der Waals surface area (Å²) in [6.07, 6.45) is 5.02. The molecular weight excluding hydrogens is 288 g/mol. The number of halogens is 1.